The number of carbonyl (C=O) groups excluding carboxylic acids is 4. The molecule has 0 bridgehead atoms. The van der Waals surface area contributed by atoms with Crippen molar-refractivity contribution in [2.24, 2.45) is 5.92 Å². The van der Waals surface area contributed by atoms with Crippen LogP contribution in [0.15, 0.2) is 0 Å². The maximum atomic E-state index is 13.1. The molecular weight excluding hydrogens is 1330 g/mol. The van der Waals surface area contributed by atoms with Crippen molar-refractivity contribution < 1.29 is 80.2 Å². The van der Waals surface area contributed by atoms with E-state index in [1.165, 1.54) is 270 Å². The molecule has 0 amide bonds. The van der Waals surface area contributed by atoms with E-state index in [-0.39, 0.29) is 25.7 Å². The zero-order valence-corrected chi connectivity index (χ0v) is 68.5. The van der Waals surface area contributed by atoms with Crippen LogP contribution in [-0.2, 0) is 65.4 Å². The minimum Gasteiger partial charge on any atom is -0.462 e. The number of phosphoric ester groups is 2. The highest BCUT2D eigenvalue weighted by Crippen LogP contribution is 2.45. The fourth-order valence-electron chi connectivity index (χ4n) is 12.9. The van der Waals surface area contributed by atoms with Gasteiger partial charge in [0.1, 0.15) is 19.3 Å². The Kier molecular flexibility index (Phi) is 74.4. The SMILES string of the molecule is CCCCCCCCCCCCCCCCCCCCCC(=O)O[C@H](COC(=O)CCCCCCCCCCCCCCCCC(C)C)COP(=O)(O)OC[C@@H](O)COP(=O)(O)OC[C@@H](COC(=O)CCCCCCCCCCCCC)OC(=O)CCCCCCCCCCCCCCCCC. The number of carbonyl (C=O) groups is 4. The minimum atomic E-state index is -4.96. The van der Waals surface area contributed by atoms with Gasteiger partial charge in [-0.3, -0.25) is 37.3 Å². The summed E-state index contributed by atoms with van der Waals surface area (Å²) in [5.74, 6) is -1.30. The van der Waals surface area contributed by atoms with Crippen LogP contribution in [0.5, 0.6) is 0 Å². The van der Waals surface area contributed by atoms with E-state index in [1.807, 2.05) is 0 Å². The molecule has 3 N–H and O–H groups in total. The van der Waals surface area contributed by atoms with Gasteiger partial charge in [0.25, 0.3) is 0 Å². The second kappa shape index (κ2) is 75.9. The fourth-order valence-corrected chi connectivity index (χ4v) is 14.5. The van der Waals surface area contributed by atoms with Crippen molar-refractivity contribution in [1.29, 1.82) is 0 Å². The van der Waals surface area contributed by atoms with E-state index in [2.05, 4.69) is 34.6 Å². The van der Waals surface area contributed by atoms with Crippen molar-refractivity contribution in [2.75, 3.05) is 39.6 Å². The van der Waals surface area contributed by atoms with Crippen molar-refractivity contribution in [1.82, 2.24) is 0 Å². The Bertz CT molecular complexity index is 1940. The van der Waals surface area contributed by atoms with Gasteiger partial charge in [-0.25, -0.2) is 9.13 Å². The maximum absolute atomic E-state index is 13.1. The number of hydrogen-bond acceptors (Lipinski definition) is 15. The van der Waals surface area contributed by atoms with Crippen molar-refractivity contribution in [3.05, 3.63) is 0 Å². The van der Waals surface area contributed by atoms with Crippen molar-refractivity contribution >= 4 is 39.5 Å². The number of hydrogen-bond donors (Lipinski definition) is 3. The highest BCUT2D eigenvalue weighted by Gasteiger charge is 2.30. The van der Waals surface area contributed by atoms with Crippen LogP contribution in [0, 0.1) is 5.92 Å². The first-order chi connectivity index (χ1) is 49.5. The molecule has 0 radical (unpaired) electrons. The van der Waals surface area contributed by atoms with E-state index >= 15 is 0 Å². The molecule has 0 fully saturated rings. The van der Waals surface area contributed by atoms with E-state index in [9.17, 15) is 43.2 Å². The normalized spacial score (nSPS) is 13.8. The van der Waals surface area contributed by atoms with E-state index in [4.69, 9.17) is 37.0 Å². The molecule has 0 aliphatic carbocycles. The Hall–Kier alpha value is -1.94. The average Bonchev–Trinajstić information content (AvgIpc) is 0.910. The van der Waals surface area contributed by atoms with E-state index in [1.54, 1.807) is 0 Å². The van der Waals surface area contributed by atoms with Crippen LogP contribution in [0.25, 0.3) is 0 Å². The molecule has 0 rings (SSSR count). The molecule has 0 aromatic rings. The standard InChI is InChI=1S/C83H162O17P2/c1-6-9-12-15-18-21-24-26-28-29-30-31-33-39-44-49-54-59-64-69-83(88)100-79(73-94-81(86)67-62-57-52-47-42-37-35-34-36-41-45-50-55-60-65-76(4)5)75-98-102(91,92)96-71-77(84)70-95-101(89,90)97-74-78(72-93-80(85)66-61-56-51-46-40-23-20-17-14-11-8-3)99-82(87)68-63-58-53-48-43-38-32-27-25-22-19-16-13-10-7-2/h76-79,84H,6-75H2,1-5H3,(H,89,90)(H,91,92)/t77-,78+,79+/m0/s1. The molecule has 5 atom stereocenters. The van der Waals surface area contributed by atoms with Crippen molar-refractivity contribution in [3.63, 3.8) is 0 Å². The molecule has 0 aliphatic heterocycles. The van der Waals surface area contributed by atoms with Crippen molar-refractivity contribution in [2.45, 2.75) is 464 Å². The summed E-state index contributed by atoms with van der Waals surface area (Å²) in [6, 6.07) is 0. The van der Waals surface area contributed by atoms with Gasteiger partial charge in [-0.05, 0) is 31.6 Å². The number of aliphatic hydroxyl groups excluding tert-OH is 1. The largest absolute Gasteiger partial charge is 0.472 e. The molecule has 0 aromatic heterocycles. The van der Waals surface area contributed by atoms with E-state index in [0.717, 1.165) is 95.8 Å². The van der Waals surface area contributed by atoms with Crippen LogP contribution in [0.3, 0.4) is 0 Å². The summed E-state index contributed by atoms with van der Waals surface area (Å²) in [6.07, 6.45) is 67.9. The summed E-state index contributed by atoms with van der Waals surface area (Å²) < 4.78 is 68.8. The molecule has 0 heterocycles. The zero-order valence-electron chi connectivity index (χ0n) is 66.8. The first-order valence-electron chi connectivity index (χ1n) is 43.1. The lowest BCUT2D eigenvalue weighted by atomic mass is 10.0. The molecule has 0 saturated carbocycles. The van der Waals surface area contributed by atoms with E-state index in [0.29, 0.717) is 25.7 Å². The Balaban J connectivity index is 5.24. The lowest BCUT2D eigenvalue weighted by Gasteiger charge is -2.21. The van der Waals surface area contributed by atoms with Gasteiger partial charge in [-0.2, -0.15) is 0 Å². The molecule has 0 aliphatic rings. The minimum absolute atomic E-state index is 0.109. The summed E-state index contributed by atoms with van der Waals surface area (Å²) in [5, 5.41) is 10.7. The van der Waals surface area contributed by atoms with Gasteiger partial charge in [0, 0.05) is 25.7 Å². The van der Waals surface area contributed by atoms with Crippen LogP contribution in [0.4, 0.5) is 0 Å². The van der Waals surface area contributed by atoms with Gasteiger partial charge >= 0.3 is 39.5 Å². The average molecular weight is 1490 g/mol. The van der Waals surface area contributed by atoms with Crippen molar-refractivity contribution in [3.8, 4) is 0 Å². The van der Waals surface area contributed by atoms with Gasteiger partial charge in [0.15, 0.2) is 12.2 Å². The highest BCUT2D eigenvalue weighted by molar-refractivity contribution is 7.47. The smallest absolute Gasteiger partial charge is 0.462 e. The van der Waals surface area contributed by atoms with Gasteiger partial charge in [0.2, 0.25) is 0 Å². The number of ether oxygens (including phenoxy) is 4. The quantitative estimate of drug-likeness (QED) is 0.0222. The molecule has 0 saturated heterocycles. The monoisotopic (exact) mass is 1490 g/mol. The van der Waals surface area contributed by atoms with E-state index < -0.39 is 97.5 Å². The highest BCUT2D eigenvalue weighted by atomic mass is 31.2. The number of unbranched alkanes of at least 4 members (excludes halogenated alkanes) is 55. The van der Waals surface area contributed by atoms with Gasteiger partial charge < -0.3 is 33.8 Å². The summed E-state index contributed by atoms with van der Waals surface area (Å²) in [6.45, 7) is 7.37. The number of phosphoric acid groups is 2. The molecular formula is C83H162O17P2. The second-order valence-electron chi connectivity index (χ2n) is 30.3. The number of aliphatic hydroxyl groups is 1. The summed E-state index contributed by atoms with van der Waals surface area (Å²) in [5.41, 5.74) is 0. The Labute approximate surface area is 626 Å². The molecule has 606 valence electrons. The Morgan fingerprint density at radius 1 is 0.265 bits per heavy atom. The summed E-state index contributed by atoms with van der Waals surface area (Å²) in [4.78, 5) is 73.1. The van der Waals surface area contributed by atoms with Crippen LogP contribution >= 0.6 is 15.6 Å². The molecule has 17 nitrogen and oxygen atoms in total. The van der Waals surface area contributed by atoms with Crippen LogP contribution in [-0.4, -0.2) is 96.7 Å². The number of esters is 4. The summed E-state index contributed by atoms with van der Waals surface area (Å²) in [7, 11) is -9.92. The van der Waals surface area contributed by atoms with Gasteiger partial charge in [-0.1, -0.05) is 394 Å². The summed E-state index contributed by atoms with van der Waals surface area (Å²) >= 11 is 0. The predicted octanol–water partition coefficient (Wildman–Crippen LogP) is 25.2. The predicted molar refractivity (Wildman–Crippen MR) is 418 cm³/mol. The van der Waals surface area contributed by atoms with Gasteiger partial charge in [-0.15, -0.1) is 0 Å². The molecule has 2 unspecified atom stereocenters. The topological polar surface area (TPSA) is 237 Å². The van der Waals surface area contributed by atoms with Crippen LogP contribution < -0.4 is 0 Å². The first kappa shape index (κ1) is 100. The third-order valence-electron chi connectivity index (χ3n) is 19.5. The Morgan fingerprint density at radius 2 is 0.451 bits per heavy atom. The van der Waals surface area contributed by atoms with Crippen LogP contribution in [0.2, 0.25) is 0 Å². The first-order valence-corrected chi connectivity index (χ1v) is 46.1. The molecule has 19 heteroatoms. The third kappa shape index (κ3) is 76.3. The van der Waals surface area contributed by atoms with Crippen LogP contribution in [0.1, 0.15) is 446 Å². The maximum Gasteiger partial charge on any atom is 0.472 e. The molecule has 102 heavy (non-hydrogen) atoms. The lowest BCUT2D eigenvalue weighted by molar-refractivity contribution is -0.161. The zero-order chi connectivity index (χ0) is 74.8. The van der Waals surface area contributed by atoms with Gasteiger partial charge in [0.05, 0.1) is 26.4 Å². The number of rotatable bonds is 83. The molecule has 0 aromatic carbocycles. The fraction of sp³-hybridized carbons (Fsp3) is 0.952. The second-order valence-corrected chi connectivity index (χ2v) is 33.3. The molecule has 0 spiro atoms. The Morgan fingerprint density at radius 3 is 0.667 bits per heavy atom. The lowest BCUT2D eigenvalue weighted by Crippen LogP contribution is -2.30. The third-order valence-corrected chi connectivity index (χ3v) is 21.4.